The van der Waals surface area contributed by atoms with Crippen molar-refractivity contribution in [3.8, 4) is 0 Å². The summed E-state index contributed by atoms with van der Waals surface area (Å²) in [7, 11) is 2.57. The molecule has 0 aliphatic heterocycles. The average Bonchev–Trinajstić information content (AvgIpc) is 2.67. The van der Waals surface area contributed by atoms with Gasteiger partial charge in [0.15, 0.2) is 0 Å². The number of carbonyl (C=O) groups is 4. The fraction of sp³-hybridized carbons (Fsp3) is 0.833. The SMILES string of the molecule is CC(C)O.CC(C)O.CCC(C)(C)C(=O)CC(=O)OC.CCC(C)(C)C(=O)CC(=O)OC.[Zr]. The van der Waals surface area contributed by atoms with E-state index in [4.69, 9.17) is 10.2 Å². The van der Waals surface area contributed by atoms with Gasteiger partial charge in [0.2, 0.25) is 0 Å². The molecule has 0 saturated carbocycles. The molecule has 0 bridgehead atoms. The average molecular weight is 556 g/mol. The Balaban J connectivity index is -0.000000117. The Hall–Kier alpha value is -0.917. The van der Waals surface area contributed by atoms with Crippen LogP contribution in [0.2, 0.25) is 0 Å². The molecule has 0 aliphatic carbocycles. The summed E-state index contributed by atoms with van der Waals surface area (Å²) in [6.45, 7) is 18.1. The number of hydrogen-bond acceptors (Lipinski definition) is 8. The molecule has 0 aromatic carbocycles. The van der Waals surface area contributed by atoms with Gasteiger partial charge in [-0.3, -0.25) is 19.2 Å². The van der Waals surface area contributed by atoms with Crippen LogP contribution in [0, 0.1) is 10.8 Å². The Morgan fingerprint density at radius 1 is 0.667 bits per heavy atom. The zero-order valence-corrected chi connectivity index (χ0v) is 25.3. The quantitative estimate of drug-likeness (QED) is 0.341. The Kier molecular flexibility index (Phi) is 29.3. The number of esters is 2. The smallest absolute Gasteiger partial charge is 0.313 e. The Labute approximate surface area is 220 Å². The molecular weight excluding hydrogens is 507 g/mol. The maximum Gasteiger partial charge on any atom is 0.313 e. The zero-order chi connectivity index (χ0) is 26.7. The van der Waals surface area contributed by atoms with Gasteiger partial charge >= 0.3 is 11.9 Å². The zero-order valence-electron chi connectivity index (χ0n) is 22.8. The van der Waals surface area contributed by atoms with Gasteiger partial charge in [-0.15, -0.1) is 0 Å². The van der Waals surface area contributed by atoms with Gasteiger partial charge in [-0.2, -0.15) is 0 Å². The van der Waals surface area contributed by atoms with Crippen molar-refractivity contribution in [3.05, 3.63) is 0 Å². The van der Waals surface area contributed by atoms with E-state index in [0.717, 1.165) is 12.8 Å². The number of carbonyl (C=O) groups excluding carboxylic acids is 4. The predicted octanol–water partition coefficient (Wildman–Crippen LogP) is 3.88. The Bertz CT molecular complexity index is 487. The third-order valence-electron chi connectivity index (χ3n) is 4.34. The fourth-order valence-electron chi connectivity index (χ4n) is 1.28. The number of aliphatic hydroxyl groups excluding tert-OH is 2. The van der Waals surface area contributed by atoms with Gasteiger partial charge in [-0.25, -0.2) is 0 Å². The number of rotatable bonds is 8. The van der Waals surface area contributed by atoms with Crippen LogP contribution in [-0.4, -0.2) is 60.1 Å². The largest absolute Gasteiger partial charge is 0.469 e. The van der Waals surface area contributed by atoms with E-state index in [2.05, 4.69) is 9.47 Å². The van der Waals surface area contributed by atoms with Crippen LogP contribution in [-0.2, 0) is 54.9 Å². The Morgan fingerprint density at radius 3 is 0.970 bits per heavy atom. The first-order valence-electron chi connectivity index (χ1n) is 10.9. The van der Waals surface area contributed by atoms with Crippen molar-refractivity contribution >= 4 is 23.5 Å². The van der Waals surface area contributed by atoms with Gasteiger partial charge in [0.25, 0.3) is 0 Å². The summed E-state index contributed by atoms with van der Waals surface area (Å²) in [5, 5.41) is 16.1. The second-order valence-corrected chi connectivity index (χ2v) is 9.01. The molecule has 0 aliphatic rings. The van der Waals surface area contributed by atoms with Crippen molar-refractivity contribution in [1.29, 1.82) is 0 Å². The van der Waals surface area contributed by atoms with Crippen LogP contribution < -0.4 is 0 Å². The summed E-state index contributed by atoms with van der Waals surface area (Å²) in [6, 6.07) is 0. The van der Waals surface area contributed by atoms with E-state index in [1.54, 1.807) is 27.7 Å². The normalized spacial score (nSPS) is 10.2. The first-order valence-corrected chi connectivity index (χ1v) is 10.9. The first kappa shape index (κ1) is 42.3. The summed E-state index contributed by atoms with van der Waals surface area (Å²) in [5.41, 5.74) is -0.817. The van der Waals surface area contributed by atoms with E-state index in [9.17, 15) is 19.2 Å². The molecule has 0 saturated heterocycles. The molecule has 0 radical (unpaired) electrons. The molecule has 0 unspecified atom stereocenters. The molecule has 0 fully saturated rings. The summed E-state index contributed by atoms with van der Waals surface area (Å²) < 4.78 is 8.80. The molecule has 0 aromatic heterocycles. The van der Waals surface area contributed by atoms with Crippen molar-refractivity contribution < 1.29 is 65.1 Å². The molecule has 0 spiro atoms. The standard InChI is InChI=1S/2C9H16O3.2C3H8O.Zr/c2*1-5-9(2,3)7(10)6-8(11)12-4;2*1-3(2)4;/h2*5-6H2,1-4H3;2*3-4H,1-2H3;. The van der Waals surface area contributed by atoms with Crippen molar-refractivity contribution in [2.24, 2.45) is 10.8 Å². The minimum absolute atomic E-state index is 0. The molecule has 0 atom stereocenters. The molecule has 2 N–H and O–H groups in total. The topological polar surface area (TPSA) is 127 Å². The van der Waals surface area contributed by atoms with Gasteiger partial charge in [-0.1, -0.05) is 41.5 Å². The number of ether oxygens (including phenoxy) is 2. The number of ketones is 2. The molecule has 0 heterocycles. The van der Waals surface area contributed by atoms with E-state index in [1.165, 1.54) is 14.2 Å². The second kappa shape index (κ2) is 22.9. The molecule has 0 amide bonds. The molecule has 9 heteroatoms. The van der Waals surface area contributed by atoms with E-state index >= 15 is 0 Å². The molecule has 33 heavy (non-hydrogen) atoms. The summed E-state index contributed by atoms with van der Waals surface area (Å²) in [6.07, 6.45) is 0.917. The fourth-order valence-corrected chi connectivity index (χ4v) is 1.28. The molecule has 8 nitrogen and oxygen atoms in total. The van der Waals surface area contributed by atoms with Crippen LogP contribution >= 0.6 is 0 Å². The number of methoxy groups -OCH3 is 2. The first-order chi connectivity index (χ1) is 14.3. The van der Waals surface area contributed by atoms with Crippen LogP contribution in [0.25, 0.3) is 0 Å². The third-order valence-corrected chi connectivity index (χ3v) is 4.34. The van der Waals surface area contributed by atoms with Crippen molar-refractivity contribution in [3.63, 3.8) is 0 Å². The number of hydrogen-bond donors (Lipinski definition) is 2. The van der Waals surface area contributed by atoms with Gasteiger partial charge in [0.05, 0.1) is 14.2 Å². The maximum absolute atomic E-state index is 11.4. The van der Waals surface area contributed by atoms with E-state index in [0.29, 0.717) is 0 Å². The molecule has 196 valence electrons. The maximum atomic E-state index is 11.4. The van der Waals surface area contributed by atoms with Crippen LogP contribution in [0.15, 0.2) is 0 Å². The van der Waals surface area contributed by atoms with Crippen molar-refractivity contribution in [1.82, 2.24) is 0 Å². The van der Waals surface area contributed by atoms with Crippen LogP contribution in [0.1, 0.15) is 94.9 Å². The minimum atomic E-state index is -0.457. The summed E-state index contributed by atoms with van der Waals surface area (Å²) in [4.78, 5) is 44.2. The summed E-state index contributed by atoms with van der Waals surface area (Å²) in [5.74, 6) is -1.03. The predicted molar refractivity (Wildman–Crippen MR) is 126 cm³/mol. The van der Waals surface area contributed by atoms with Gasteiger partial charge in [0.1, 0.15) is 24.4 Å². The van der Waals surface area contributed by atoms with Gasteiger partial charge in [-0.05, 0) is 40.5 Å². The van der Waals surface area contributed by atoms with E-state index < -0.39 is 22.8 Å². The van der Waals surface area contributed by atoms with Crippen molar-refractivity contribution in [2.75, 3.05) is 14.2 Å². The molecule has 0 rings (SSSR count). The number of Topliss-reactive ketones (excluding diaryl/α,β-unsaturated/α-hetero) is 2. The van der Waals surface area contributed by atoms with E-state index in [1.807, 2.05) is 41.5 Å². The van der Waals surface area contributed by atoms with Crippen LogP contribution in [0.4, 0.5) is 0 Å². The van der Waals surface area contributed by atoms with Gasteiger partial charge in [0, 0.05) is 49.2 Å². The monoisotopic (exact) mass is 554 g/mol. The van der Waals surface area contributed by atoms with Crippen LogP contribution in [0.3, 0.4) is 0 Å². The van der Waals surface area contributed by atoms with Crippen LogP contribution in [0.5, 0.6) is 0 Å². The minimum Gasteiger partial charge on any atom is -0.469 e. The second-order valence-electron chi connectivity index (χ2n) is 9.01. The summed E-state index contributed by atoms with van der Waals surface area (Å²) >= 11 is 0. The van der Waals surface area contributed by atoms with E-state index in [-0.39, 0.29) is 62.8 Å². The molecular formula is C24H48O8Zr. The third kappa shape index (κ3) is 31.1. The number of aliphatic hydroxyl groups is 2. The Morgan fingerprint density at radius 2 is 0.848 bits per heavy atom. The molecule has 0 aromatic rings. The van der Waals surface area contributed by atoms with Gasteiger partial charge < -0.3 is 19.7 Å². The van der Waals surface area contributed by atoms with Crippen molar-refractivity contribution in [2.45, 2.75) is 107 Å².